The summed E-state index contributed by atoms with van der Waals surface area (Å²) in [6.45, 7) is 0. The zero-order valence-electron chi connectivity index (χ0n) is 15.6. The minimum absolute atomic E-state index is 0.380. The fourth-order valence-electron chi connectivity index (χ4n) is 3.72. The van der Waals surface area contributed by atoms with Crippen molar-refractivity contribution in [3.05, 3.63) is 5.92 Å². The van der Waals surface area contributed by atoms with Crippen LogP contribution in [-0.2, 0) is 0 Å². The van der Waals surface area contributed by atoms with Crippen LogP contribution in [0.3, 0.4) is 0 Å². The highest BCUT2D eigenvalue weighted by molar-refractivity contribution is 9.09. The minimum Gasteiger partial charge on any atom is -0.127 e. The number of alkyl halides is 5. The monoisotopic (exact) mass is 627 g/mol. The van der Waals surface area contributed by atoms with E-state index in [9.17, 15) is 0 Å². The van der Waals surface area contributed by atoms with Crippen LogP contribution in [0.25, 0.3) is 0 Å². The highest BCUT2D eigenvalue weighted by Gasteiger charge is 2.36. The molecule has 0 atom stereocenters. The van der Waals surface area contributed by atoms with Crippen LogP contribution in [0.2, 0.25) is 0 Å². The molecule has 151 valence electrons. The molecule has 0 spiro atoms. The summed E-state index contributed by atoms with van der Waals surface area (Å²) >= 11 is 20.8. The van der Waals surface area contributed by atoms with Gasteiger partial charge in [0.05, 0.1) is 0 Å². The third kappa shape index (κ3) is 13.1. The Morgan fingerprint density at radius 2 is 0.960 bits per heavy atom. The second kappa shape index (κ2) is 19.5. The Kier molecular flexibility index (Phi) is 21.2. The predicted molar refractivity (Wildman–Crippen MR) is 132 cm³/mol. The van der Waals surface area contributed by atoms with Crippen molar-refractivity contribution in [2.45, 2.75) is 83.5 Å². The predicted octanol–water partition coefficient (Wildman–Crippen LogP) is 9.44. The molecular weight excluding hydrogens is 595 g/mol. The van der Waals surface area contributed by atoms with Crippen LogP contribution in [0, 0.1) is 11.3 Å². The van der Waals surface area contributed by atoms with Crippen LogP contribution in [0.1, 0.15) is 83.5 Å². The van der Waals surface area contributed by atoms with Gasteiger partial charge in [0.25, 0.3) is 0 Å². The van der Waals surface area contributed by atoms with Crippen LogP contribution >= 0.6 is 75.3 Å². The molecule has 0 saturated carbocycles. The van der Waals surface area contributed by atoms with Gasteiger partial charge in [-0.05, 0) is 69.1 Å². The van der Waals surface area contributed by atoms with Crippen molar-refractivity contribution in [2.75, 3.05) is 27.2 Å². The molecular formula is C20H36Br4Cl. The molecule has 0 heterocycles. The molecule has 0 unspecified atom stereocenters. The van der Waals surface area contributed by atoms with Gasteiger partial charge in [-0.1, -0.05) is 89.4 Å². The van der Waals surface area contributed by atoms with Crippen LogP contribution in [-0.4, -0.2) is 27.2 Å². The molecule has 0 aliphatic carbocycles. The van der Waals surface area contributed by atoms with Crippen molar-refractivity contribution in [2.24, 2.45) is 5.41 Å². The van der Waals surface area contributed by atoms with E-state index in [2.05, 4.69) is 63.7 Å². The van der Waals surface area contributed by atoms with Crippen molar-refractivity contribution in [3.63, 3.8) is 0 Å². The van der Waals surface area contributed by atoms with E-state index >= 15 is 0 Å². The van der Waals surface area contributed by atoms with E-state index in [0.717, 1.165) is 33.6 Å². The molecule has 1 radical (unpaired) electrons. The van der Waals surface area contributed by atoms with E-state index in [0.29, 0.717) is 5.41 Å². The normalized spacial score (nSPS) is 12.2. The average Bonchev–Trinajstić information content (AvgIpc) is 2.61. The van der Waals surface area contributed by atoms with Crippen LogP contribution in [0.5, 0.6) is 0 Å². The molecule has 0 aromatic rings. The summed E-state index contributed by atoms with van der Waals surface area (Å²) in [6, 6.07) is 0. The topological polar surface area (TPSA) is 0 Å². The molecule has 0 saturated heterocycles. The maximum atomic E-state index is 6.33. The Hall–Kier alpha value is 2.21. The molecule has 5 heteroatoms. The summed E-state index contributed by atoms with van der Waals surface area (Å²) in [5.41, 5.74) is 0.380. The van der Waals surface area contributed by atoms with Gasteiger partial charge in [-0.25, -0.2) is 0 Å². The van der Waals surface area contributed by atoms with Gasteiger partial charge in [-0.15, -0.1) is 11.6 Å². The van der Waals surface area contributed by atoms with Crippen LogP contribution < -0.4 is 0 Å². The Bertz CT molecular complexity index is 256. The zero-order chi connectivity index (χ0) is 18.8. The van der Waals surface area contributed by atoms with E-state index in [-0.39, 0.29) is 0 Å². The Morgan fingerprint density at radius 3 is 1.32 bits per heavy atom. The van der Waals surface area contributed by atoms with Crippen molar-refractivity contribution < 1.29 is 0 Å². The van der Waals surface area contributed by atoms with Crippen LogP contribution in [0.15, 0.2) is 0 Å². The van der Waals surface area contributed by atoms with Crippen molar-refractivity contribution >= 4 is 75.3 Å². The number of hydrogen-bond acceptors (Lipinski definition) is 0. The van der Waals surface area contributed by atoms with E-state index in [1.54, 1.807) is 0 Å². The maximum absolute atomic E-state index is 6.33. The first-order valence-corrected chi connectivity index (χ1v) is 14.9. The second-order valence-electron chi connectivity index (χ2n) is 6.91. The molecule has 0 aliphatic rings. The number of unbranched alkanes of at least 4 members (excludes halogenated alkanes) is 4. The summed E-state index contributed by atoms with van der Waals surface area (Å²) in [4.78, 5) is 0. The maximum Gasteiger partial charge on any atom is 0.0228 e. The van der Waals surface area contributed by atoms with Gasteiger partial charge >= 0.3 is 0 Å². The first kappa shape index (κ1) is 27.2. The molecule has 0 rings (SSSR count). The Morgan fingerprint density at radius 1 is 0.560 bits per heavy atom. The second-order valence-corrected chi connectivity index (χ2v) is 10.5. The Balaban J connectivity index is 5.15. The van der Waals surface area contributed by atoms with E-state index in [1.807, 2.05) is 5.92 Å². The highest BCUT2D eigenvalue weighted by Crippen LogP contribution is 2.48. The third-order valence-corrected chi connectivity index (χ3v) is 7.56. The number of hydrogen-bond donors (Lipinski definition) is 0. The van der Waals surface area contributed by atoms with Crippen molar-refractivity contribution in [3.8, 4) is 0 Å². The SMILES string of the molecule is ClCCC(CCCCBr)(CCCCBr)[C](CCCCBr)CCCCBr. The van der Waals surface area contributed by atoms with E-state index < -0.39 is 0 Å². The first-order chi connectivity index (χ1) is 12.2. The fraction of sp³-hybridized carbons (Fsp3) is 0.950. The minimum atomic E-state index is 0.380. The lowest BCUT2D eigenvalue weighted by Crippen LogP contribution is -2.31. The lowest BCUT2D eigenvalue weighted by atomic mass is 9.64. The molecule has 0 amide bonds. The zero-order valence-corrected chi connectivity index (χ0v) is 22.7. The smallest absolute Gasteiger partial charge is 0.0228 e. The quantitative estimate of drug-likeness (QED) is 0.0985. The summed E-state index contributed by atoms with van der Waals surface area (Å²) in [6.07, 6.45) is 16.8. The van der Waals surface area contributed by atoms with Gasteiger partial charge in [0.1, 0.15) is 0 Å². The largest absolute Gasteiger partial charge is 0.127 e. The van der Waals surface area contributed by atoms with Gasteiger partial charge in [-0.2, -0.15) is 0 Å². The first-order valence-electron chi connectivity index (χ1n) is 9.85. The number of halogens is 5. The lowest BCUT2D eigenvalue weighted by molar-refractivity contribution is 0.210. The van der Waals surface area contributed by atoms with Crippen molar-refractivity contribution in [1.29, 1.82) is 0 Å². The van der Waals surface area contributed by atoms with Crippen LogP contribution in [0.4, 0.5) is 0 Å². The van der Waals surface area contributed by atoms with E-state index in [1.165, 1.54) is 77.0 Å². The Labute approximate surface area is 195 Å². The molecule has 0 N–H and O–H groups in total. The molecule has 0 nitrogen and oxygen atoms in total. The standard InChI is InChI=1S/C20H36Br4Cl/c21-14-5-1-9-19(10-2-6-15-22)20(13-18-25,11-3-7-16-23)12-4-8-17-24/h1-18H2. The number of rotatable bonds is 19. The lowest BCUT2D eigenvalue weighted by Gasteiger charge is -2.42. The molecule has 0 bridgehead atoms. The molecule has 0 aromatic heterocycles. The molecule has 0 fully saturated rings. The van der Waals surface area contributed by atoms with Gasteiger partial charge in [0.2, 0.25) is 0 Å². The third-order valence-electron chi connectivity index (χ3n) is 5.13. The summed E-state index contributed by atoms with van der Waals surface area (Å²) in [5, 5.41) is 4.48. The van der Waals surface area contributed by atoms with E-state index in [4.69, 9.17) is 11.6 Å². The summed E-state index contributed by atoms with van der Waals surface area (Å²) < 4.78 is 0. The van der Waals surface area contributed by atoms with Gasteiger partial charge < -0.3 is 0 Å². The van der Waals surface area contributed by atoms with Crippen molar-refractivity contribution in [1.82, 2.24) is 0 Å². The average molecular weight is 632 g/mol. The summed E-state index contributed by atoms with van der Waals surface area (Å²) in [5.74, 6) is 2.63. The molecule has 25 heavy (non-hydrogen) atoms. The fourth-order valence-corrected chi connectivity index (χ4v) is 5.67. The highest BCUT2D eigenvalue weighted by atomic mass is 79.9. The van der Waals surface area contributed by atoms with Gasteiger partial charge in [-0.3, -0.25) is 0 Å². The molecule has 0 aliphatic heterocycles. The molecule has 0 aromatic carbocycles. The summed E-state index contributed by atoms with van der Waals surface area (Å²) in [7, 11) is 0. The van der Waals surface area contributed by atoms with Gasteiger partial charge in [0, 0.05) is 27.2 Å². The van der Waals surface area contributed by atoms with Gasteiger partial charge in [0.15, 0.2) is 0 Å².